The second-order valence-electron chi connectivity index (χ2n) is 5.50. The zero-order valence-electron chi connectivity index (χ0n) is 11.7. The van der Waals surface area contributed by atoms with Crippen molar-refractivity contribution in [2.75, 3.05) is 18.1 Å². The van der Waals surface area contributed by atoms with E-state index >= 15 is 0 Å². The van der Waals surface area contributed by atoms with Crippen LogP contribution in [0.25, 0.3) is 10.8 Å². The van der Waals surface area contributed by atoms with Gasteiger partial charge in [-0.1, -0.05) is 18.5 Å². The molecule has 0 aromatic carbocycles. The van der Waals surface area contributed by atoms with Gasteiger partial charge in [-0.3, -0.25) is 0 Å². The summed E-state index contributed by atoms with van der Waals surface area (Å²) in [4.78, 5) is 11.1. The van der Waals surface area contributed by atoms with Crippen molar-refractivity contribution in [3.05, 3.63) is 29.2 Å². The second kappa shape index (κ2) is 5.19. The molecule has 3 heterocycles. The molecule has 0 radical (unpaired) electrons. The molecule has 2 aromatic heterocycles. The van der Waals surface area contributed by atoms with Gasteiger partial charge in [-0.25, -0.2) is 9.97 Å². The van der Waals surface area contributed by atoms with Crippen LogP contribution in [0, 0.1) is 0 Å². The number of pyridine rings is 2. The number of hydrogen-bond acceptors (Lipinski definition) is 4. The molecule has 2 atom stereocenters. The van der Waals surface area contributed by atoms with E-state index < -0.39 is 0 Å². The van der Waals surface area contributed by atoms with Crippen LogP contribution in [0.5, 0.6) is 0 Å². The van der Waals surface area contributed by atoms with Crippen LogP contribution in [-0.2, 0) is 0 Å². The molecule has 0 amide bonds. The third-order valence-electron chi connectivity index (χ3n) is 4.15. The molecule has 20 heavy (non-hydrogen) atoms. The topological polar surface area (TPSA) is 49.3 Å². The molecule has 1 N–H and O–H groups in total. The third kappa shape index (κ3) is 2.13. The van der Waals surface area contributed by atoms with Gasteiger partial charge in [-0.15, -0.1) is 0 Å². The van der Waals surface area contributed by atoms with Gasteiger partial charge in [0.05, 0.1) is 0 Å². The molecule has 5 heteroatoms. The second-order valence-corrected chi connectivity index (χ2v) is 5.89. The fraction of sp³-hybridized carbons (Fsp3) is 0.467. The molecule has 1 saturated heterocycles. The number of anilines is 1. The van der Waals surface area contributed by atoms with Gasteiger partial charge in [0.25, 0.3) is 0 Å². The highest BCUT2D eigenvalue weighted by molar-refractivity contribution is 6.30. The minimum absolute atomic E-state index is 0.0336. The van der Waals surface area contributed by atoms with E-state index in [2.05, 4.69) is 21.8 Å². The van der Waals surface area contributed by atoms with Crippen LogP contribution in [0.15, 0.2) is 18.5 Å². The molecule has 0 bridgehead atoms. The minimum Gasteiger partial charge on any atom is -0.396 e. The smallest absolute Gasteiger partial charge is 0.138 e. The zero-order chi connectivity index (χ0) is 14.3. The van der Waals surface area contributed by atoms with Crippen molar-refractivity contribution < 1.29 is 5.11 Å². The molecule has 4 nitrogen and oxygen atoms in total. The summed E-state index contributed by atoms with van der Waals surface area (Å²) < 4.78 is 0. The van der Waals surface area contributed by atoms with Crippen molar-refractivity contribution in [2.24, 2.45) is 0 Å². The van der Waals surface area contributed by atoms with E-state index in [0.29, 0.717) is 11.2 Å². The average Bonchev–Trinajstić information content (AvgIpc) is 2.44. The fourth-order valence-electron chi connectivity index (χ4n) is 2.67. The molecular weight excluding hydrogens is 274 g/mol. The van der Waals surface area contributed by atoms with Crippen LogP contribution in [0.2, 0.25) is 5.15 Å². The third-order valence-corrected chi connectivity index (χ3v) is 4.35. The summed E-state index contributed by atoms with van der Waals surface area (Å²) in [5.41, 5.74) is 1.02. The van der Waals surface area contributed by atoms with Crippen LogP contribution in [0.3, 0.4) is 0 Å². The Morgan fingerprint density at radius 2 is 2.20 bits per heavy atom. The highest BCUT2D eigenvalue weighted by Gasteiger charge is 2.27. The van der Waals surface area contributed by atoms with Gasteiger partial charge in [0, 0.05) is 42.9 Å². The van der Waals surface area contributed by atoms with Crippen molar-refractivity contribution >= 4 is 28.2 Å². The zero-order valence-corrected chi connectivity index (χ0v) is 12.4. The summed E-state index contributed by atoms with van der Waals surface area (Å²) in [7, 11) is 0. The first-order chi connectivity index (χ1) is 9.61. The molecule has 2 unspecified atom stereocenters. The molecule has 1 aliphatic heterocycles. The lowest BCUT2D eigenvalue weighted by Gasteiger charge is -2.40. The molecule has 2 aromatic rings. The number of rotatable bonds is 3. The van der Waals surface area contributed by atoms with E-state index in [0.717, 1.165) is 28.7 Å². The number of nitrogens with zero attached hydrogens (tertiary/aromatic N) is 3. The number of hydrogen-bond donors (Lipinski definition) is 1. The van der Waals surface area contributed by atoms with E-state index in [-0.39, 0.29) is 12.5 Å². The summed E-state index contributed by atoms with van der Waals surface area (Å²) in [6.45, 7) is 5.30. The quantitative estimate of drug-likeness (QED) is 0.883. The molecule has 0 saturated carbocycles. The first-order valence-corrected chi connectivity index (χ1v) is 7.31. The number of fused-ring (bicyclic) bond motifs is 1. The number of aromatic nitrogens is 2. The number of aliphatic hydroxyl groups is 1. The minimum atomic E-state index is 0.0336. The lowest BCUT2D eigenvalue weighted by molar-refractivity contribution is 0.273. The molecular formula is C15H18ClN3O. The van der Waals surface area contributed by atoms with Gasteiger partial charge in [0.2, 0.25) is 0 Å². The van der Waals surface area contributed by atoms with Crippen LogP contribution in [0.1, 0.15) is 31.7 Å². The highest BCUT2D eigenvalue weighted by atomic mass is 35.5. The monoisotopic (exact) mass is 291 g/mol. The summed E-state index contributed by atoms with van der Waals surface area (Å²) >= 11 is 6.04. The van der Waals surface area contributed by atoms with E-state index in [1.165, 1.54) is 6.42 Å². The summed E-state index contributed by atoms with van der Waals surface area (Å²) in [5.74, 6) is 1.00. The van der Waals surface area contributed by atoms with Crippen molar-refractivity contribution in [2.45, 2.75) is 32.2 Å². The van der Waals surface area contributed by atoms with E-state index in [1.54, 1.807) is 6.20 Å². The first kappa shape index (κ1) is 13.6. The fourth-order valence-corrected chi connectivity index (χ4v) is 2.83. The Hall–Kier alpha value is -1.39. The Labute approximate surface area is 123 Å². The highest BCUT2D eigenvalue weighted by Crippen LogP contribution is 2.35. The van der Waals surface area contributed by atoms with Crippen LogP contribution < -0.4 is 4.90 Å². The lowest BCUT2D eigenvalue weighted by atomic mass is 9.97. The largest absolute Gasteiger partial charge is 0.396 e. The molecule has 1 fully saturated rings. The van der Waals surface area contributed by atoms with Crippen LogP contribution in [0.4, 0.5) is 5.82 Å². The molecule has 0 aliphatic carbocycles. The SMILES string of the molecule is CC(CO)c1cnc(N2CCC2C)c2cnc(Cl)cc12. The molecule has 0 spiro atoms. The summed E-state index contributed by atoms with van der Waals surface area (Å²) in [6.07, 6.45) is 4.84. The van der Waals surface area contributed by atoms with Crippen LogP contribution >= 0.6 is 11.6 Å². The first-order valence-electron chi connectivity index (χ1n) is 6.93. The van der Waals surface area contributed by atoms with Gasteiger partial charge in [0.15, 0.2) is 0 Å². The van der Waals surface area contributed by atoms with Crippen molar-refractivity contribution in [1.82, 2.24) is 9.97 Å². The Morgan fingerprint density at radius 1 is 1.40 bits per heavy atom. The van der Waals surface area contributed by atoms with Crippen molar-refractivity contribution in [1.29, 1.82) is 0 Å². The van der Waals surface area contributed by atoms with Gasteiger partial charge in [0.1, 0.15) is 11.0 Å². The molecule has 106 valence electrons. The molecule has 1 aliphatic rings. The summed E-state index contributed by atoms with van der Waals surface area (Å²) in [5, 5.41) is 11.9. The lowest BCUT2D eigenvalue weighted by Crippen LogP contribution is -2.46. The maximum Gasteiger partial charge on any atom is 0.138 e. The number of aliphatic hydroxyl groups excluding tert-OH is 1. The van der Waals surface area contributed by atoms with Gasteiger partial charge in [-0.05, 0) is 30.4 Å². The Bertz CT molecular complexity index is 646. The average molecular weight is 292 g/mol. The normalized spacial score (nSPS) is 20.0. The van der Waals surface area contributed by atoms with Crippen molar-refractivity contribution in [3.8, 4) is 0 Å². The van der Waals surface area contributed by atoms with E-state index in [9.17, 15) is 5.11 Å². The van der Waals surface area contributed by atoms with E-state index in [1.807, 2.05) is 19.2 Å². The Kier molecular flexibility index (Phi) is 3.52. The standard InChI is InChI=1S/C15H18ClN3O/c1-9(8-20)12-6-18-15(19-4-3-10(19)2)13-7-17-14(16)5-11(12)13/h5-7,9-10,20H,3-4,8H2,1-2H3. The van der Waals surface area contributed by atoms with Crippen LogP contribution in [-0.4, -0.2) is 34.3 Å². The maximum atomic E-state index is 9.41. The predicted octanol–water partition coefficient (Wildman–Crippen LogP) is 2.98. The van der Waals surface area contributed by atoms with Gasteiger partial charge < -0.3 is 10.0 Å². The van der Waals surface area contributed by atoms with Gasteiger partial charge >= 0.3 is 0 Å². The summed E-state index contributed by atoms with van der Waals surface area (Å²) in [6, 6.07) is 2.39. The Morgan fingerprint density at radius 3 is 2.80 bits per heavy atom. The predicted molar refractivity (Wildman–Crippen MR) is 81.5 cm³/mol. The van der Waals surface area contributed by atoms with E-state index in [4.69, 9.17) is 11.6 Å². The van der Waals surface area contributed by atoms with Crippen molar-refractivity contribution in [3.63, 3.8) is 0 Å². The Balaban J connectivity index is 2.20. The number of halogens is 1. The maximum absolute atomic E-state index is 9.41. The van der Waals surface area contributed by atoms with Gasteiger partial charge in [-0.2, -0.15) is 0 Å². The molecule has 3 rings (SSSR count).